The average molecular weight is 315 g/mol. The molecule has 22 heavy (non-hydrogen) atoms. The minimum absolute atomic E-state index is 0.122. The molecule has 1 heterocycles. The second-order valence-corrected chi connectivity index (χ2v) is 5.86. The summed E-state index contributed by atoms with van der Waals surface area (Å²) in [5.74, 6) is -0.419. The predicted octanol–water partition coefficient (Wildman–Crippen LogP) is 3.18. The van der Waals surface area contributed by atoms with E-state index in [4.69, 9.17) is 0 Å². The second-order valence-electron chi connectivity index (χ2n) is 5.86. The van der Waals surface area contributed by atoms with E-state index >= 15 is 0 Å². The number of aliphatic hydroxyl groups is 1. The van der Waals surface area contributed by atoms with Gasteiger partial charge < -0.3 is 10.0 Å². The van der Waals surface area contributed by atoms with Gasteiger partial charge in [0, 0.05) is 19.5 Å². The van der Waals surface area contributed by atoms with Crippen molar-refractivity contribution >= 4 is 5.91 Å². The molecule has 1 amide bonds. The van der Waals surface area contributed by atoms with Gasteiger partial charge in [0.25, 0.3) is 0 Å². The zero-order valence-corrected chi connectivity index (χ0v) is 12.4. The van der Waals surface area contributed by atoms with Gasteiger partial charge in [0.15, 0.2) is 0 Å². The molecule has 0 aliphatic carbocycles. The van der Waals surface area contributed by atoms with Gasteiger partial charge in [-0.1, -0.05) is 25.1 Å². The van der Waals surface area contributed by atoms with E-state index in [-0.39, 0.29) is 18.2 Å². The molecule has 1 N–H and O–H groups in total. The lowest BCUT2D eigenvalue weighted by Crippen LogP contribution is -2.42. The van der Waals surface area contributed by atoms with Crippen LogP contribution in [0.4, 0.5) is 13.2 Å². The van der Waals surface area contributed by atoms with Crippen molar-refractivity contribution in [1.29, 1.82) is 0 Å². The van der Waals surface area contributed by atoms with Crippen LogP contribution >= 0.6 is 0 Å². The maximum Gasteiger partial charge on any atom is 0.416 e. The monoisotopic (exact) mass is 315 g/mol. The van der Waals surface area contributed by atoms with Crippen LogP contribution in [0.15, 0.2) is 24.3 Å². The van der Waals surface area contributed by atoms with Crippen LogP contribution in [0.3, 0.4) is 0 Å². The molecular weight excluding hydrogens is 295 g/mol. The van der Waals surface area contributed by atoms with E-state index < -0.39 is 17.8 Å². The number of nitrogens with zero attached hydrogens (tertiary/aromatic N) is 1. The second kappa shape index (κ2) is 6.69. The zero-order valence-electron chi connectivity index (χ0n) is 12.4. The molecule has 1 aromatic rings. The van der Waals surface area contributed by atoms with E-state index in [2.05, 4.69) is 0 Å². The summed E-state index contributed by atoms with van der Waals surface area (Å²) in [5, 5.41) is 9.59. The fourth-order valence-electron chi connectivity index (χ4n) is 2.71. The largest absolute Gasteiger partial charge is 0.416 e. The van der Waals surface area contributed by atoms with Crippen molar-refractivity contribution in [2.45, 2.75) is 44.4 Å². The number of piperidine rings is 1. The lowest BCUT2D eigenvalue weighted by Gasteiger charge is -2.31. The average Bonchev–Trinajstić information content (AvgIpc) is 2.46. The lowest BCUT2D eigenvalue weighted by atomic mass is 9.95. The van der Waals surface area contributed by atoms with Gasteiger partial charge in [0.1, 0.15) is 0 Å². The fraction of sp³-hybridized carbons (Fsp3) is 0.562. The third-order valence-electron chi connectivity index (χ3n) is 4.01. The number of rotatable bonds is 3. The van der Waals surface area contributed by atoms with E-state index in [1.165, 1.54) is 6.07 Å². The molecule has 0 spiro atoms. The number of halogens is 3. The first-order valence-corrected chi connectivity index (χ1v) is 7.40. The molecule has 0 bridgehead atoms. The zero-order chi connectivity index (χ0) is 16.3. The summed E-state index contributed by atoms with van der Waals surface area (Å²) in [5.41, 5.74) is -0.196. The summed E-state index contributed by atoms with van der Waals surface area (Å²) in [7, 11) is 0. The first-order valence-electron chi connectivity index (χ1n) is 7.40. The molecule has 6 heteroatoms. The van der Waals surface area contributed by atoms with Gasteiger partial charge in [0.05, 0.1) is 11.7 Å². The molecule has 1 fully saturated rings. The molecule has 0 radical (unpaired) electrons. The first kappa shape index (κ1) is 16.8. The normalized spacial score (nSPS) is 20.8. The van der Waals surface area contributed by atoms with Crippen LogP contribution in [0, 0.1) is 0 Å². The van der Waals surface area contributed by atoms with Gasteiger partial charge in [0.2, 0.25) is 5.91 Å². The van der Waals surface area contributed by atoms with E-state index in [9.17, 15) is 23.1 Å². The van der Waals surface area contributed by atoms with Crippen molar-refractivity contribution < 1.29 is 23.1 Å². The molecule has 3 nitrogen and oxygen atoms in total. The Labute approximate surface area is 127 Å². The van der Waals surface area contributed by atoms with E-state index in [0.717, 1.165) is 18.6 Å². The Morgan fingerprint density at radius 3 is 2.82 bits per heavy atom. The van der Waals surface area contributed by atoms with Gasteiger partial charge in [-0.05, 0) is 30.4 Å². The number of alkyl halides is 3. The Kier molecular flexibility index (Phi) is 5.11. The smallest absolute Gasteiger partial charge is 0.391 e. The summed E-state index contributed by atoms with van der Waals surface area (Å²) in [6.45, 7) is 2.66. The van der Waals surface area contributed by atoms with Crippen molar-refractivity contribution in [3.63, 3.8) is 0 Å². The maximum atomic E-state index is 12.7. The molecule has 122 valence electrons. The molecule has 2 unspecified atom stereocenters. The highest BCUT2D eigenvalue weighted by molar-refractivity contribution is 5.77. The molecule has 1 aromatic carbocycles. The Morgan fingerprint density at radius 1 is 1.45 bits per heavy atom. The van der Waals surface area contributed by atoms with Gasteiger partial charge >= 0.3 is 6.18 Å². The standard InChI is InChI=1S/C16H20F3NO2/c1-11(8-15(22)20-7-3-6-14(21)10-20)12-4-2-5-13(9-12)16(17,18)19/h2,4-5,9,11,14,21H,3,6-8,10H2,1H3. The highest BCUT2D eigenvalue weighted by Gasteiger charge is 2.31. The van der Waals surface area contributed by atoms with Crippen molar-refractivity contribution in [2.75, 3.05) is 13.1 Å². The van der Waals surface area contributed by atoms with Gasteiger partial charge in [-0.15, -0.1) is 0 Å². The molecule has 1 aliphatic heterocycles. The topological polar surface area (TPSA) is 40.5 Å². The molecule has 0 aromatic heterocycles. The number of hydrogen-bond acceptors (Lipinski definition) is 2. The lowest BCUT2D eigenvalue weighted by molar-refractivity contribution is -0.137. The molecule has 2 rings (SSSR count). The van der Waals surface area contributed by atoms with Crippen LogP contribution in [-0.4, -0.2) is 35.1 Å². The molecule has 1 aliphatic rings. The van der Waals surface area contributed by atoms with Crippen molar-refractivity contribution in [2.24, 2.45) is 0 Å². The Hall–Kier alpha value is -1.56. The Balaban J connectivity index is 2.02. The number of amides is 1. The van der Waals surface area contributed by atoms with Crippen LogP contribution in [0.25, 0.3) is 0 Å². The van der Waals surface area contributed by atoms with Crippen LogP contribution in [0.5, 0.6) is 0 Å². The van der Waals surface area contributed by atoms with Gasteiger partial charge in [-0.3, -0.25) is 4.79 Å². The highest BCUT2D eigenvalue weighted by atomic mass is 19.4. The van der Waals surface area contributed by atoms with Crippen molar-refractivity contribution in [1.82, 2.24) is 4.90 Å². The van der Waals surface area contributed by atoms with Crippen LogP contribution in [0.1, 0.15) is 43.2 Å². The molecule has 1 saturated heterocycles. The predicted molar refractivity (Wildman–Crippen MR) is 76.3 cm³/mol. The van der Waals surface area contributed by atoms with Crippen LogP contribution in [0.2, 0.25) is 0 Å². The summed E-state index contributed by atoms with van der Waals surface area (Å²) >= 11 is 0. The van der Waals surface area contributed by atoms with Gasteiger partial charge in [-0.2, -0.15) is 13.2 Å². The number of carbonyl (C=O) groups excluding carboxylic acids is 1. The summed E-state index contributed by atoms with van der Waals surface area (Å²) in [6.07, 6.45) is -3.29. The molecule has 0 saturated carbocycles. The van der Waals surface area contributed by atoms with Crippen LogP contribution in [-0.2, 0) is 11.0 Å². The summed E-state index contributed by atoms with van der Waals surface area (Å²) in [6, 6.07) is 5.10. The number of likely N-dealkylation sites (tertiary alicyclic amines) is 1. The fourth-order valence-corrected chi connectivity index (χ4v) is 2.71. The summed E-state index contributed by atoms with van der Waals surface area (Å²) < 4.78 is 38.2. The summed E-state index contributed by atoms with van der Waals surface area (Å²) in [4.78, 5) is 13.8. The molecule has 2 atom stereocenters. The van der Waals surface area contributed by atoms with E-state index in [1.54, 1.807) is 17.9 Å². The number of aliphatic hydroxyl groups excluding tert-OH is 1. The number of hydrogen-bond donors (Lipinski definition) is 1. The number of β-amino-alcohol motifs (C(OH)–C–C–N with tert-alkyl or cyclic N) is 1. The maximum absolute atomic E-state index is 12.7. The number of carbonyl (C=O) groups is 1. The van der Waals surface area contributed by atoms with Crippen molar-refractivity contribution in [3.8, 4) is 0 Å². The number of benzene rings is 1. The minimum atomic E-state index is -4.38. The highest BCUT2D eigenvalue weighted by Crippen LogP contribution is 2.32. The minimum Gasteiger partial charge on any atom is -0.391 e. The molecular formula is C16H20F3NO2. The third-order valence-corrected chi connectivity index (χ3v) is 4.01. The Morgan fingerprint density at radius 2 is 2.18 bits per heavy atom. The van der Waals surface area contributed by atoms with Crippen LogP contribution < -0.4 is 0 Å². The van der Waals surface area contributed by atoms with E-state index in [1.807, 2.05) is 0 Å². The van der Waals surface area contributed by atoms with Crippen molar-refractivity contribution in [3.05, 3.63) is 35.4 Å². The Bertz CT molecular complexity index is 530. The SMILES string of the molecule is CC(CC(=O)N1CCCC(O)C1)c1cccc(C(F)(F)F)c1. The van der Waals surface area contributed by atoms with E-state index in [0.29, 0.717) is 25.1 Å². The quantitative estimate of drug-likeness (QED) is 0.930. The third kappa shape index (κ3) is 4.22. The first-order chi connectivity index (χ1) is 10.3. The van der Waals surface area contributed by atoms with Gasteiger partial charge in [-0.25, -0.2) is 0 Å².